The predicted octanol–water partition coefficient (Wildman–Crippen LogP) is 4.69. The summed E-state index contributed by atoms with van der Waals surface area (Å²) >= 11 is 5.76. The van der Waals surface area contributed by atoms with Crippen LogP contribution in [-0.4, -0.2) is 0 Å². The van der Waals surface area contributed by atoms with Gasteiger partial charge in [0.05, 0.1) is 0 Å². The van der Waals surface area contributed by atoms with Crippen LogP contribution in [0.15, 0.2) is 41.9 Å². The smallest absolute Gasteiger partial charge is 0.141 e. The van der Waals surface area contributed by atoms with E-state index in [1.165, 1.54) is 5.56 Å². The lowest BCUT2D eigenvalue weighted by Crippen LogP contribution is -1.81. The maximum Gasteiger partial charge on any atom is 0.141 e. The van der Waals surface area contributed by atoms with Gasteiger partial charge in [-0.1, -0.05) is 36.4 Å². The van der Waals surface area contributed by atoms with E-state index < -0.39 is 0 Å². The number of halogens is 2. The molecule has 1 aromatic rings. The highest BCUT2D eigenvalue weighted by Crippen LogP contribution is 2.11. The van der Waals surface area contributed by atoms with E-state index in [9.17, 15) is 4.39 Å². The molecule has 0 unspecified atom stereocenters. The minimum Gasteiger partial charge on any atom is -0.203 e. The highest BCUT2D eigenvalue weighted by Gasteiger charge is 1.91. The minimum atomic E-state index is -0.189. The van der Waals surface area contributed by atoms with Gasteiger partial charge in [0.2, 0.25) is 0 Å². The zero-order chi connectivity index (χ0) is 11.1. The maximum absolute atomic E-state index is 12.7. The molecule has 1 aromatic carbocycles. The molecular formula is C13H14ClF. The summed E-state index contributed by atoms with van der Waals surface area (Å²) in [7, 11) is 0. The first-order valence-corrected chi connectivity index (χ1v) is 5.44. The van der Waals surface area contributed by atoms with Crippen LogP contribution in [0.2, 0.25) is 5.02 Å². The van der Waals surface area contributed by atoms with E-state index in [2.05, 4.69) is 5.73 Å². The van der Waals surface area contributed by atoms with E-state index in [-0.39, 0.29) is 5.83 Å². The molecule has 0 nitrogen and oxygen atoms in total. The van der Waals surface area contributed by atoms with Gasteiger partial charge in [-0.2, -0.15) is 0 Å². The third-order valence-electron chi connectivity index (χ3n) is 2.06. The number of rotatable bonds is 4. The molecule has 1 rings (SSSR count). The van der Waals surface area contributed by atoms with Gasteiger partial charge < -0.3 is 0 Å². The Labute approximate surface area is 95.1 Å². The Bertz CT molecular complexity index is 359. The molecule has 0 amide bonds. The minimum absolute atomic E-state index is 0.189. The first-order chi connectivity index (χ1) is 7.22. The number of hydrogen-bond acceptors (Lipinski definition) is 0. The van der Waals surface area contributed by atoms with Crippen LogP contribution in [0, 0.1) is 0 Å². The largest absolute Gasteiger partial charge is 0.203 e. The summed E-state index contributed by atoms with van der Waals surface area (Å²) in [5, 5.41) is 0.742. The van der Waals surface area contributed by atoms with Gasteiger partial charge in [-0.3, -0.25) is 0 Å². The Balaban J connectivity index is 2.45. The first kappa shape index (κ1) is 12.0. The van der Waals surface area contributed by atoms with Crippen molar-refractivity contribution >= 4 is 11.6 Å². The molecule has 2 heteroatoms. The van der Waals surface area contributed by atoms with Gasteiger partial charge in [-0.05, 0) is 36.6 Å². The van der Waals surface area contributed by atoms with Crippen molar-refractivity contribution < 1.29 is 4.39 Å². The quantitative estimate of drug-likeness (QED) is 0.651. The van der Waals surface area contributed by atoms with Crippen molar-refractivity contribution in [2.45, 2.75) is 26.2 Å². The summed E-state index contributed by atoms with van der Waals surface area (Å²) in [5.74, 6) is -0.189. The van der Waals surface area contributed by atoms with E-state index in [0.29, 0.717) is 6.42 Å². The lowest BCUT2D eigenvalue weighted by molar-refractivity contribution is 0.606. The van der Waals surface area contributed by atoms with Crippen molar-refractivity contribution in [1.82, 2.24) is 0 Å². The normalized spacial score (nSPS) is 9.53. The lowest BCUT2D eigenvalue weighted by Gasteiger charge is -1.96. The summed E-state index contributed by atoms with van der Waals surface area (Å²) in [6, 6.07) is 7.69. The van der Waals surface area contributed by atoms with Crippen LogP contribution in [0.5, 0.6) is 0 Å². The van der Waals surface area contributed by atoms with E-state index in [0.717, 1.165) is 17.9 Å². The average molecular weight is 225 g/mol. The SMILES string of the molecule is CCC(F)=C=CCCc1ccc(Cl)cc1. The van der Waals surface area contributed by atoms with E-state index >= 15 is 0 Å². The monoisotopic (exact) mass is 224 g/mol. The second kappa shape index (κ2) is 6.44. The molecule has 80 valence electrons. The van der Waals surface area contributed by atoms with Gasteiger partial charge in [0.15, 0.2) is 0 Å². The van der Waals surface area contributed by atoms with Crippen LogP contribution >= 0.6 is 11.6 Å². The topological polar surface area (TPSA) is 0 Å². The second-order valence-corrected chi connectivity index (χ2v) is 3.71. The molecule has 15 heavy (non-hydrogen) atoms. The molecule has 0 fully saturated rings. The number of benzene rings is 1. The fraction of sp³-hybridized carbons (Fsp3) is 0.308. The molecule has 0 radical (unpaired) electrons. The second-order valence-electron chi connectivity index (χ2n) is 3.27. The summed E-state index contributed by atoms with van der Waals surface area (Å²) in [4.78, 5) is 0. The summed E-state index contributed by atoms with van der Waals surface area (Å²) in [6.45, 7) is 1.77. The van der Waals surface area contributed by atoms with Gasteiger partial charge in [-0.25, -0.2) is 4.39 Å². The molecule has 0 aromatic heterocycles. The fourth-order valence-corrected chi connectivity index (χ4v) is 1.30. The third-order valence-corrected chi connectivity index (χ3v) is 2.31. The summed E-state index contributed by atoms with van der Waals surface area (Å²) in [5.41, 5.74) is 3.82. The van der Waals surface area contributed by atoms with Crippen LogP contribution in [-0.2, 0) is 6.42 Å². The zero-order valence-corrected chi connectivity index (χ0v) is 9.52. The number of allylic oxidation sites excluding steroid dienone is 1. The van der Waals surface area contributed by atoms with Crippen LogP contribution in [0.3, 0.4) is 0 Å². The zero-order valence-electron chi connectivity index (χ0n) is 8.76. The standard InChI is InChI=1S/C13H14ClF/c1-2-13(15)6-4-3-5-11-7-9-12(14)10-8-11/h4,7-10H,2-3,5H2,1H3. The summed E-state index contributed by atoms with van der Waals surface area (Å²) < 4.78 is 12.7. The van der Waals surface area contributed by atoms with Crippen LogP contribution in [0.1, 0.15) is 25.3 Å². The molecule has 0 saturated carbocycles. The third kappa shape index (κ3) is 4.83. The van der Waals surface area contributed by atoms with Crippen LogP contribution in [0.25, 0.3) is 0 Å². The molecule has 0 heterocycles. The van der Waals surface area contributed by atoms with Crippen molar-refractivity contribution in [2.24, 2.45) is 0 Å². The predicted molar refractivity (Wildman–Crippen MR) is 62.8 cm³/mol. The Hall–Kier alpha value is -1.04. The number of aryl methyl sites for hydroxylation is 1. The summed E-state index contributed by atoms with van der Waals surface area (Å²) in [6.07, 6.45) is 3.85. The molecule has 0 aliphatic carbocycles. The Morgan fingerprint density at radius 3 is 2.67 bits per heavy atom. The van der Waals surface area contributed by atoms with Crippen LogP contribution < -0.4 is 0 Å². The van der Waals surface area contributed by atoms with Crippen LogP contribution in [0.4, 0.5) is 4.39 Å². The first-order valence-electron chi connectivity index (χ1n) is 5.06. The fourth-order valence-electron chi connectivity index (χ4n) is 1.17. The van der Waals surface area contributed by atoms with Crippen molar-refractivity contribution in [3.05, 3.63) is 52.5 Å². The molecular weight excluding hydrogens is 211 g/mol. The van der Waals surface area contributed by atoms with Gasteiger partial charge >= 0.3 is 0 Å². The molecule has 0 aliphatic heterocycles. The lowest BCUT2D eigenvalue weighted by atomic mass is 10.1. The van der Waals surface area contributed by atoms with Crippen molar-refractivity contribution in [3.8, 4) is 0 Å². The van der Waals surface area contributed by atoms with E-state index in [4.69, 9.17) is 11.6 Å². The highest BCUT2D eigenvalue weighted by atomic mass is 35.5. The van der Waals surface area contributed by atoms with Crippen molar-refractivity contribution in [2.75, 3.05) is 0 Å². The van der Waals surface area contributed by atoms with Gasteiger partial charge in [0, 0.05) is 11.4 Å². The molecule has 0 aliphatic rings. The number of hydrogen-bond donors (Lipinski definition) is 0. The van der Waals surface area contributed by atoms with Crippen molar-refractivity contribution in [1.29, 1.82) is 0 Å². The molecule has 0 spiro atoms. The van der Waals surface area contributed by atoms with E-state index in [1.807, 2.05) is 24.3 Å². The Morgan fingerprint density at radius 1 is 1.40 bits per heavy atom. The molecule has 0 atom stereocenters. The van der Waals surface area contributed by atoms with E-state index in [1.54, 1.807) is 13.0 Å². The average Bonchev–Trinajstić information content (AvgIpc) is 2.26. The molecule has 0 bridgehead atoms. The van der Waals surface area contributed by atoms with Gasteiger partial charge in [0.25, 0.3) is 0 Å². The Morgan fingerprint density at radius 2 is 2.07 bits per heavy atom. The van der Waals surface area contributed by atoms with Gasteiger partial charge in [-0.15, -0.1) is 0 Å². The highest BCUT2D eigenvalue weighted by molar-refractivity contribution is 6.30. The Kier molecular flexibility index (Phi) is 5.17. The maximum atomic E-state index is 12.7. The molecule has 0 N–H and O–H groups in total. The van der Waals surface area contributed by atoms with Gasteiger partial charge in [0.1, 0.15) is 5.83 Å². The molecule has 0 saturated heterocycles. The van der Waals surface area contributed by atoms with Crippen molar-refractivity contribution in [3.63, 3.8) is 0 Å².